The van der Waals surface area contributed by atoms with Crippen LogP contribution in [0.15, 0.2) is 66.7 Å². The number of likely N-dealkylation sites (tertiary alicyclic amines) is 1. The van der Waals surface area contributed by atoms with Crippen LogP contribution in [0.3, 0.4) is 0 Å². The molecule has 3 aromatic rings. The van der Waals surface area contributed by atoms with E-state index in [1.165, 1.54) is 24.0 Å². The first-order valence-electron chi connectivity index (χ1n) is 11.2. The maximum Gasteiger partial charge on any atom is 0.411 e. The summed E-state index contributed by atoms with van der Waals surface area (Å²) in [5.74, 6) is -2.49. The zero-order valence-electron chi connectivity index (χ0n) is 19.0. The van der Waals surface area contributed by atoms with Gasteiger partial charge in [-0.1, -0.05) is 48.5 Å². The standard InChI is InChI=1S/C27H23FN2O5/c1-27(25(32)33)14-30(15-27)24(31)21-12-16(10-11-23(21)28)29-26(34)35-13-22-19-8-4-2-6-17(19)18-7-3-5-9-20(18)22/h2-12,22H,13-15H2,1H3,(H,29,34)(H,32,33). The number of rotatable bonds is 5. The Hall–Kier alpha value is -4.20. The Labute approximate surface area is 201 Å². The quantitative estimate of drug-likeness (QED) is 0.557. The summed E-state index contributed by atoms with van der Waals surface area (Å²) in [5.41, 5.74) is 3.32. The highest BCUT2D eigenvalue weighted by atomic mass is 19.1. The maximum absolute atomic E-state index is 14.4. The number of anilines is 1. The van der Waals surface area contributed by atoms with Crippen LogP contribution in [0.1, 0.15) is 34.3 Å². The maximum atomic E-state index is 14.4. The highest BCUT2D eigenvalue weighted by Gasteiger charge is 2.47. The molecule has 0 saturated carbocycles. The Balaban J connectivity index is 1.25. The number of hydrogen-bond acceptors (Lipinski definition) is 4. The molecule has 1 heterocycles. The fraction of sp³-hybridized carbons (Fsp3) is 0.222. The van der Waals surface area contributed by atoms with Gasteiger partial charge in [0.15, 0.2) is 0 Å². The second-order valence-electron chi connectivity index (χ2n) is 9.17. The van der Waals surface area contributed by atoms with Crippen molar-refractivity contribution in [2.75, 3.05) is 25.0 Å². The number of nitrogens with zero attached hydrogens (tertiary/aromatic N) is 1. The minimum absolute atomic E-state index is 0.00928. The molecule has 1 fully saturated rings. The van der Waals surface area contributed by atoms with Crippen molar-refractivity contribution in [2.24, 2.45) is 5.41 Å². The van der Waals surface area contributed by atoms with Crippen LogP contribution >= 0.6 is 0 Å². The van der Waals surface area contributed by atoms with Crippen molar-refractivity contribution in [3.05, 3.63) is 89.2 Å². The second-order valence-corrected chi connectivity index (χ2v) is 9.17. The molecule has 7 nitrogen and oxygen atoms in total. The zero-order chi connectivity index (χ0) is 24.7. The summed E-state index contributed by atoms with van der Waals surface area (Å²) in [6.07, 6.45) is -0.723. The number of amides is 2. The summed E-state index contributed by atoms with van der Waals surface area (Å²) in [4.78, 5) is 37.7. The Morgan fingerprint density at radius 3 is 2.23 bits per heavy atom. The number of benzene rings is 3. The van der Waals surface area contributed by atoms with Gasteiger partial charge in [0.25, 0.3) is 5.91 Å². The molecule has 0 bridgehead atoms. The van der Waals surface area contributed by atoms with E-state index in [4.69, 9.17) is 4.74 Å². The Morgan fingerprint density at radius 1 is 1.03 bits per heavy atom. The summed E-state index contributed by atoms with van der Waals surface area (Å²) in [7, 11) is 0. The highest BCUT2D eigenvalue weighted by molar-refractivity contribution is 5.98. The molecule has 0 spiro atoms. The van der Waals surface area contributed by atoms with Crippen LogP contribution in [0, 0.1) is 11.2 Å². The van der Waals surface area contributed by atoms with Crippen molar-refractivity contribution in [2.45, 2.75) is 12.8 Å². The number of ether oxygens (including phenoxy) is 1. The van der Waals surface area contributed by atoms with E-state index in [9.17, 15) is 23.9 Å². The topological polar surface area (TPSA) is 95.9 Å². The number of halogens is 1. The van der Waals surface area contributed by atoms with Crippen LogP contribution in [-0.2, 0) is 9.53 Å². The first kappa shape index (κ1) is 22.6. The van der Waals surface area contributed by atoms with Gasteiger partial charge >= 0.3 is 12.1 Å². The van der Waals surface area contributed by atoms with E-state index in [1.807, 2.05) is 48.5 Å². The fourth-order valence-corrected chi connectivity index (χ4v) is 4.76. The molecule has 1 saturated heterocycles. The fourth-order valence-electron chi connectivity index (χ4n) is 4.76. The summed E-state index contributed by atoms with van der Waals surface area (Å²) in [6, 6.07) is 19.6. The van der Waals surface area contributed by atoms with Crippen molar-refractivity contribution in [1.82, 2.24) is 4.90 Å². The van der Waals surface area contributed by atoms with Gasteiger partial charge in [0.1, 0.15) is 17.8 Å². The lowest BCUT2D eigenvalue weighted by molar-refractivity contribution is -0.155. The third-order valence-corrected chi connectivity index (χ3v) is 6.67. The van der Waals surface area contributed by atoms with E-state index in [2.05, 4.69) is 5.32 Å². The second kappa shape index (κ2) is 8.54. The smallest absolute Gasteiger partial charge is 0.411 e. The van der Waals surface area contributed by atoms with Crippen LogP contribution in [0.25, 0.3) is 11.1 Å². The third-order valence-electron chi connectivity index (χ3n) is 6.67. The van der Waals surface area contributed by atoms with E-state index < -0.39 is 29.2 Å². The molecule has 0 radical (unpaired) electrons. The van der Waals surface area contributed by atoms with Crippen LogP contribution in [0.4, 0.5) is 14.9 Å². The Kier molecular flexibility index (Phi) is 5.51. The number of aliphatic carboxylic acids is 1. The number of hydrogen-bond donors (Lipinski definition) is 2. The van der Waals surface area contributed by atoms with E-state index in [0.717, 1.165) is 28.3 Å². The Bertz CT molecular complexity index is 1300. The van der Waals surface area contributed by atoms with E-state index in [0.29, 0.717) is 0 Å². The van der Waals surface area contributed by atoms with Crippen LogP contribution in [0.2, 0.25) is 0 Å². The molecular formula is C27H23FN2O5. The van der Waals surface area contributed by atoms with E-state index >= 15 is 0 Å². The molecule has 1 aliphatic carbocycles. The van der Waals surface area contributed by atoms with Crippen LogP contribution in [-0.4, -0.2) is 47.7 Å². The minimum Gasteiger partial charge on any atom is -0.481 e. The van der Waals surface area contributed by atoms with Crippen molar-refractivity contribution in [1.29, 1.82) is 0 Å². The Morgan fingerprint density at radius 2 is 1.63 bits per heavy atom. The SMILES string of the molecule is CC1(C(=O)O)CN(C(=O)c2cc(NC(=O)OCC3c4ccccc4-c4ccccc43)ccc2F)C1. The molecule has 0 unspecified atom stereocenters. The molecule has 2 amide bonds. The van der Waals surface area contributed by atoms with Gasteiger partial charge in [-0.2, -0.15) is 0 Å². The molecule has 3 aromatic carbocycles. The first-order chi connectivity index (χ1) is 16.8. The van der Waals surface area contributed by atoms with Gasteiger partial charge in [-0.05, 0) is 47.4 Å². The lowest BCUT2D eigenvalue weighted by Crippen LogP contribution is -2.60. The predicted octanol–water partition coefficient (Wildman–Crippen LogP) is 4.73. The normalized spacial score (nSPS) is 15.5. The largest absolute Gasteiger partial charge is 0.481 e. The summed E-state index contributed by atoms with van der Waals surface area (Å²) in [5, 5.41) is 11.8. The predicted molar refractivity (Wildman–Crippen MR) is 127 cm³/mol. The van der Waals surface area contributed by atoms with Gasteiger partial charge in [-0.3, -0.25) is 14.9 Å². The van der Waals surface area contributed by atoms with Gasteiger partial charge in [-0.25, -0.2) is 9.18 Å². The number of carbonyl (C=O) groups excluding carboxylic acids is 2. The molecule has 2 N–H and O–H groups in total. The summed E-state index contributed by atoms with van der Waals surface area (Å²) >= 11 is 0. The molecule has 0 atom stereocenters. The summed E-state index contributed by atoms with van der Waals surface area (Å²) < 4.78 is 19.9. The summed E-state index contributed by atoms with van der Waals surface area (Å²) in [6.45, 7) is 1.63. The van der Waals surface area contributed by atoms with Gasteiger partial charge in [-0.15, -0.1) is 0 Å². The van der Waals surface area contributed by atoms with Gasteiger partial charge in [0, 0.05) is 24.7 Å². The highest BCUT2D eigenvalue weighted by Crippen LogP contribution is 2.44. The number of nitrogens with one attached hydrogen (secondary N) is 1. The van der Waals surface area contributed by atoms with Gasteiger partial charge in [0.2, 0.25) is 0 Å². The molecule has 2 aliphatic rings. The molecule has 0 aromatic heterocycles. The molecule has 8 heteroatoms. The molecular weight excluding hydrogens is 451 g/mol. The third kappa shape index (κ3) is 4.01. The average molecular weight is 474 g/mol. The van der Waals surface area contributed by atoms with Gasteiger partial charge in [0.05, 0.1) is 5.56 Å². The first-order valence-corrected chi connectivity index (χ1v) is 11.2. The lowest BCUT2D eigenvalue weighted by atomic mass is 9.81. The number of carbonyl (C=O) groups is 3. The molecule has 5 rings (SSSR count). The van der Waals surface area contributed by atoms with Crippen molar-refractivity contribution in [3.8, 4) is 11.1 Å². The van der Waals surface area contributed by atoms with Crippen molar-refractivity contribution in [3.63, 3.8) is 0 Å². The number of carboxylic acids is 1. The van der Waals surface area contributed by atoms with Crippen molar-refractivity contribution >= 4 is 23.7 Å². The molecule has 1 aliphatic heterocycles. The van der Waals surface area contributed by atoms with E-state index in [1.54, 1.807) is 0 Å². The van der Waals surface area contributed by atoms with Crippen molar-refractivity contribution < 1.29 is 28.6 Å². The van der Waals surface area contributed by atoms with E-state index in [-0.39, 0.29) is 36.9 Å². The van der Waals surface area contributed by atoms with Gasteiger partial charge < -0.3 is 14.7 Å². The van der Waals surface area contributed by atoms with Crippen LogP contribution in [0.5, 0.6) is 0 Å². The number of carboxylic acid groups (broad SMARTS) is 1. The minimum atomic E-state index is -1.04. The number of fused-ring (bicyclic) bond motifs is 3. The van der Waals surface area contributed by atoms with Crippen LogP contribution < -0.4 is 5.32 Å². The molecule has 35 heavy (non-hydrogen) atoms. The molecule has 178 valence electrons. The zero-order valence-corrected chi connectivity index (χ0v) is 19.0. The monoisotopic (exact) mass is 474 g/mol. The average Bonchev–Trinajstić information content (AvgIpc) is 3.15. The lowest BCUT2D eigenvalue weighted by Gasteiger charge is -2.44.